The van der Waals surface area contributed by atoms with E-state index < -0.39 is 0 Å². The second kappa shape index (κ2) is 5.05. The maximum absolute atomic E-state index is 2.33. The first-order valence-electron chi connectivity index (χ1n) is 6.11. The minimum Gasteiger partial charge on any atom is -0.342 e. The Balaban J connectivity index is 2.40. The first-order chi connectivity index (χ1) is 8.20. The summed E-state index contributed by atoms with van der Waals surface area (Å²) >= 11 is 0. The molecule has 17 heavy (non-hydrogen) atoms. The van der Waals surface area contributed by atoms with Crippen molar-refractivity contribution in [1.29, 1.82) is 0 Å². The molecule has 0 heterocycles. The Morgan fingerprint density at radius 2 is 1.29 bits per heavy atom. The molecule has 0 bridgehead atoms. The van der Waals surface area contributed by atoms with Gasteiger partial charge in [0.05, 0.1) is 0 Å². The monoisotopic (exact) mass is 225 g/mol. The number of hydrogen-bond acceptors (Lipinski definition) is 1. The van der Waals surface area contributed by atoms with Gasteiger partial charge in [0.2, 0.25) is 0 Å². The molecule has 0 radical (unpaired) electrons. The van der Waals surface area contributed by atoms with Gasteiger partial charge < -0.3 is 4.90 Å². The summed E-state index contributed by atoms with van der Waals surface area (Å²) in [7, 11) is 0. The lowest BCUT2D eigenvalue weighted by Crippen LogP contribution is -2.15. The fourth-order valence-corrected chi connectivity index (χ4v) is 2.11. The molecule has 1 nitrogen and oxygen atoms in total. The van der Waals surface area contributed by atoms with Gasteiger partial charge in [-0.2, -0.15) is 0 Å². The van der Waals surface area contributed by atoms with E-state index in [2.05, 4.69) is 74.2 Å². The molecule has 0 aromatic heterocycles. The molecule has 1 heteroatoms. The lowest BCUT2D eigenvalue weighted by Gasteiger charge is -2.24. The molecule has 0 fully saturated rings. The second-order valence-corrected chi connectivity index (χ2v) is 4.42. The van der Waals surface area contributed by atoms with Crippen molar-refractivity contribution in [2.24, 2.45) is 0 Å². The van der Waals surface area contributed by atoms with Crippen LogP contribution >= 0.6 is 0 Å². The second-order valence-electron chi connectivity index (χ2n) is 4.42. The lowest BCUT2D eigenvalue weighted by atomic mass is 10.1. The molecule has 88 valence electrons. The van der Waals surface area contributed by atoms with E-state index in [1.165, 1.54) is 22.5 Å². The van der Waals surface area contributed by atoms with Crippen LogP contribution in [0.3, 0.4) is 0 Å². The molecule has 2 rings (SSSR count). The molecule has 0 spiro atoms. The summed E-state index contributed by atoms with van der Waals surface area (Å²) in [5.74, 6) is 0. The zero-order valence-corrected chi connectivity index (χ0v) is 10.8. The van der Waals surface area contributed by atoms with Gasteiger partial charge in [-0.3, -0.25) is 0 Å². The van der Waals surface area contributed by atoms with Crippen LogP contribution in [0.1, 0.15) is 18.1 Å². The molecule has 0 saturated heterocycles. The maximum Gasteiger partial charge on any atom is 0.0413 e. The quantitative estimate of drug-likeness (QED) is 0.745. The molecular formula is C16H19N. The van der Waals surface area contributed by atoms with Crippen LogP contribution in [-0.4, -0.2) is 6.54 Å². The van der Waals surface area contributed by atoms with Gasteiger partial charge in [-0.05, 0) is 56.2 Å². The predicted octanol–water partition coefficient (Wildman–Crippen LogP) is 4.46. The van der Waals surface area contributed by atoms with Gasteiger partial charge in [0.25, 0.3) is 0 Å². The summed E-state index contributed by atoms with van der Waals surface area (Å²) < 4.78 is 0. The van der Waals surface area contributed by atoms with Crippen molar-refractivity contribution in [2.75, 3.05) is 11.4 Å². The third-order valence-corrected chi connectivity index (χ3v) is 2.94. The van der Waals surface area contributed by atoms with Crippen LogP contribution in [0.4, 0.5) is 11.4 Å². The van der Waals surface area contributed by atoms with E-state index in [1.807, 2.05) is 0 Å². The molecule has 0 aliphatic heterocycles. The number of nitrogens with zero attached hydrogens (tertiary/aromatic N) is 1. The van der Waals surface area contributed by atoms with Crippen LogP contribution in [0.2, 0.25) is 0 Å². The molecule has 0 N–H and O–H groups in total. The predicted molar refractivity (Wildman–Crippen MR) is 75.0 cm³/mol. The highest BCUT2D eigenvalue weighted by Crippen LogP contribution is 2.26. The van der Waals surface area contributed by atoms with E-state index in [0.29, 0.717) is 0 Å². The van der Waals surface area contributed by atoms with Gasteiger partial charge >= 0.3 is 0 Å². The Bertz CT molecular complexity index is 457. The van der Waals surface area contributed by atoms with Gasteiger partial charge in [-0.1, -0.05) is 24.3 Å². The Kier molecular flexibility index (Phi) is 3.48. The summed E-state index contributed by atoms with van der Waals surface area (Å²) in [4.78, 5) is 2.33. The fourth-order valence-electron chi connectivity index (χ4n) is 2.11. The molecule has 0 aliphatic rings. The average Bonchev–Trinajstić information content (AvgIpc) is 2.30. The van der Waals surface area contributed by atoms with E-state index >= 15 is 0 Å². The minimum atomic E-state index is 0.979. The third-order valence-electron chi connectivity index (χ3n) is 2.94. The number of aryl methyl sites for hydroxylation is 2. The lowest BCUT2D eigenvalue weighted by molar-refractivity contribution is 1.02. The van der Waals surface area contributed by atoms with Crippen LogP contribution in [-0.2, 0) is 0 Å². The van der Waals surface area contributed by atoms with Crippen molar-refractivity contribution in [3.05, 3.63) is 59.7 Å². The molecule has 0 atom stereocenters. The molecule has 2 aromatic carbocycles. The van der Waals surface area contributed by atoms with Gasteiger partial charge in [-0.15, -0.1) is 0 Å². The number of anilines is 2. The smallest absolute Gasteiger partial charge is 0.0413 e. The van der Waals surface area contributed by atoms with Crippen molar-refractivity contribution in [3.63, 3.8) is 0 Å². The largest absolute Gasteiger partial charge is 0.342 e. The van der Waals surface area contributed by atoms with E-state index in [1.54, 1.807) is 0 Å². The van der Waals surface area contributed by atoms with E-state index in [4.69, 9.17) is 0 Å². The van der Waals surface area contributed by atoms with Crippen molar-refractivity contribution < 1.29 is 0 Å². The Morgan fingerprint density at radius 1 is 0.824 bits per heavy atom. The standard InChI is InChI=1S/C16H19N/c1-4-17(15-9-5-7-13(2)11-15)16-10-6-8-14(3)12-16/h5-12H,4H2,1-3H3. The van der Waals surface area contributed by atoms with Crippen LogP contribution in [0.15, 0.2) is 48.5 Å². The Labute approximate surface area is 104 Å². The summed E-state index contributed by atoms with van der Waals surface area (Å²) in [5.41, 5.74) is 5.12. The van der Waals surface area contributed by atoms with Gasteiger partial charge in [0.1, 0.15) is 0 Å². The highest BCUT2D eigenvalue weighted by molar-refractivity contribution is 5.64. The molecule has 0 amide bonds. The van der Waals surface area contributed by atoms with Gasteiger partial charge in [0, 0.05) is 17.9 Å². The van der Waals surface area contributed by atoms with Crippen molar-refractivity contribution in [2.45, 2.75) is 20.8 Å². The minimum absolute atomic E-state index is 0.979. The average molecular weight is 225 g/mol. The van der Waals surface area contributed by atoms with Crippen molar-refractivity contribution in [1.82, 2.24) is 0 Å². The summed E-state index contributed by atoms with van der Waals surface area (Å²) in [6.45, 7) is 7.43. The molecular weight excluding hydrogens is 206 g/mol. The number of benzene rings is 2. The van der Waals surface area contributed by atoms with Crippen LogP contribution < -0.4 is 4.90 Å². The Morgan fingerprint density at radius 3 is 1.65 bits per heavy atom. The van der Waals surface area contributed by atoms with Crippen molar-refractivity contribution in [3.8, 4) is 0 Å². The zero-order chi connectivity index (χ0) is 12.3. The van der Waals surface area contributed by atoms with Gasteiger partial charge in [0.15, 0.2) is 0 Å². The van der Waals surface area contributed by atoms with Crippen LogP contribution in [0, 0.1) is 13.8 Å². The summed E-state index contributed by atoms with van der Waals surface area (Å²) in [6.07, 6.45) is 0. The SMILES string of the molecule is CCN(c1cccc(C)c1)c1cccc(C)c1. The maximum atomic E-state index is 2.33. The number of rotatable bonds is 3. The summed E-state index contributed by atoms with van der Waals surface area (Å²) in [5, 5.41) is 0. The van der Waals surface area contributed by atoms with Gasteiger partial charge in [-0.25, -0.2) is 0 Å². The molecule has 2 aromatic rings. The van der Waals surface area contributed by atoms with Crippen LogP contribution in [0.5, 0.6) is 0 Å². The first-order valence-corrected chi connectivity index (χ1v) is 6.11. The highest BCUT2D eigenvalue weighted by atomic mass is 15.1. The molecule has 0 aliphatic carbocycles. The topological polar surface area (TPSA) is 3.24 Å². The normalized spacial score (nSPS) is 10.3. The Hall–Kier alpha value is -1.76. The highest BCUT2D eigenvalue weighted by Gasteiger charge is 2.06. The zero-order valence-electron chi connectivity index (χ0n) is 10.8. The fraction of sp³-hybridized carbons (Fsp3) is 0.250. The molecule has 0 saturated carbocycles. The van der Waals surface area contributed by atoms with Crippen LogP contribution in [0.25, 0.3) is 0 Å². The number of hydrogen-bond donors (Lipinski definition) is 0. The first kappa shape index (κ1) is 11.7. The van der Waals surface area contributed by atoms with Crippen molar-refractivity contribution >= 4 is 11.4 Å². The van der Waals surface area contributed by atoms with E-state index in [-0.39, 0.29) is 0 Å². The van der Waals surface area contributed by atoms with E-state index in [0.717, 1.165) is 6.54 Å². The summed E-state index contributed by atoms with van der Waals surface area (Å²) in [6, 6.07) is 17.3. The van der Waals surface area contributed by atoms with E-state index in [9.17, 15) is 0 Å². The molecule has 0 unspecified atom stereocenters. The third kappa shape index (κ3) is 2.68.